The molecule has 1 N–H and O–H groups in total. The van der Waals surface area contributed by atoms with E-state index in [2.05, 4.69) is 5.32 Å². The van der Waals surface area contributed by atoms with Gasteiger partial charge in [0.1, 0.15) is 5.82 Å². The maximum atomic E-state index is 13.0. The van der Waals surface area contributed by atoms with Gasteiger partial charge in [-0.1, -0.05) is 29.8 Å². The number of nitrogens with one attached hydrogen (secondary N) is 1. The second kappa shape index (κ2) is 6.63. The predicted octanol–water partition coefficient (Wildman–Crippen LogP) is 5.70. The Bertz CT molecular complexity index is 846. The number of halogens is 2. The van der Waals surface area contributed by atoms with Crippen LogP contribution in [-0.2, 0) is 0 Å². The van der Waals surface area contributed by atoms with Crippen LogP contribution in [0.2, 0.25) is 5.02 Å². The fourth-order valence-corrected chi connectivity index (χ4v) is 2.49. The molecule has 0 aliphatic carbocycles. The Balaban J connectivity index is 1.99. The van der Waals surface area contributed by atoms with E-state index in [9.17, 15) is 9.18 Å². The van der Waals surface area contributed by atoms with Crippen LogP contribution in [0.3, 0.4) is 0 Å². The summed E-state index contributed by atoms with van der Waals surface area (Å²) in [5.41, 5.74) is 3.78. The first-order chi connectivity index (χ1) is 11.2. The molecular weight excluding hydrogens is 313 g/mol. The highest BCUT2D eigenvalue weighted by Crippen LogP contribution is 2.28. The largest absolute Gasteiger partial charge is 0.355 e. The van der Waals surface area contributed by atoms with Gasteiger partial charge in [-0.05, 0) is 59.7 Å². The first-order valence-corrected chi connectivity index (χ1v) is 7.41. The van der Waals surface area contributed by atoms with Gasteiger partial charge in [0.2, 0.25) is 0 Å². The van der Waals surface area contributed by atoms with Crippen LogP contribution in [-0.4, -0.2) is 6.29 Å². The second-order valence-corrected chi connectivity index (χ2v) is 5.50. The zero-order valence-corrected chi connectivity index (χ0v) is 12.8. The number of aldehydes is 1. The summed E-state index contributed by atoms with van der Waals surface area (Å²) in [6, 6.07) is 18.9. The molecule has 3 rings (SSSR count). The highest BCUT2D eigenvalue weighted by atomic mass is 35.5. The molecule has 0 aliphatic heterocycles. The van der Waals surface area contributed by atoms with Gasteiger partial charge in [-0.3, -0.25) is 4.79 Å². The minimum absolute atomic E-state index is 0.307. The number of rotatable bonds is 4. The molecule has 4 heteroatoms. The Hall–Kier alpha value is -2.65. The van der Waals surface area contributed by atoms with Crippen molar-refractivity contribution in [2.45, 2.75) is 0 Å². The van der Waals surface area contributed by atoms with Gasteiger partial charge in [0.25, 0.3) is 0 Å². The van der Waals surface area contributed by atoms with Gasteiger partial charge < -0.3 is 5.32 Å². The minimum atomic E-state index is -0.307. The lowest BCUT2D eigenvalue weighted by atomic mass is 10.0. The van der Waals surface area contributed by atoms with Crippen molar-refractivity contribution in [3.05, 3.63) is 83.1 Å². The van der Waals surface area contributed by atoms with Crippen molar-refractivity contribution in [1.29, 1.82) is 0 Å². The lowest BCUT2D eigenvalue weighted by Gasteiger charge is -2.11. The Kier molecular flexibility index (Phi) is 4.40. The van der Waals surface area contributed by atoms with Gasteiger partial charge in [-0.2, -0.15) is 0 Å². The van der Waals surface area contributed by atoms with E-state index in [1.807, 2.05) is 36.4 Å². The first kappa shape index (κ1) is 15.3. The molecule has 114 valence electrons. The van der Waals surface area contributed by atoms with E-state index in [1.165, 1.54) is 12.1 Å². The molecule has 0 aliphatic rings. The summed E-state index contributed by atoms with van der Waals surface area (Å²) in [7, 11) is 0. The SMILES string of the molecule is O=Cc1ccc(-c2cccc(Cl)c2)cc1Nc1ccc(F)cc1. The van der Waals surface area contributed by atoms with Gasteiger partial charge in [0.15, 0.2) is 6.29 Å². The maximum Gasteiger partial charge on any atom is 0.152 e. The molecule has 0 fully saturated rings. The Morgan fingerprint density at radius 2 is 1.65 bits per heavy atom. The van der Waals surface area contributed by atoms with Crippen LogP contribution < -0.4 is 5.32 Å². The van der Waals surface area contributed by atoms with Crippen LogP contribution in [0.4, 0.5) is 15.8 Å². The standard InChI is InChI=1S/C19H13ClFNO/c20-16-3-1-2-13(10-16)14-4-5-15(12-23)19(11-14)22-18-8-6-17(21)7-9-18/h1-12,22H. The summed E-state index contributed by atoms with van der Waals surface area (Å²) in [4.78, 5) is 11.3. The molecule has 0 heterocycles. The highest BCUT2D eigenvalue weighted by molar-refractivity contribution is 6.30. The van der Waals surface area contributed by atoms with E-state index in [-0.39, 0.29) is 5.82 Å². The molecule has 0 bridgehead atoms. The topological polar surface area (TPSA) is 29.1 Å². The summed E-state index contributed by atoms with van der Waals surface area (Å²) in [5, 5.41) is 3.79. The summed E-state index contributed by atoms with van der Waals surface area (Å²) in [6.45, 7) is 0. The summed E-state index contributed by atoms with van der Waals surface area (Å²) in [6.07, 6.45) is 0.785. The summed E-state index contributed by atoms with van der Waals surface area (Å²) < 4.78 is 13.0. The van der Waals surface area contributed by atoms with Crippen molar-refractivity contribution in [2.75, 3.05) is 5.32 Å². The molecule has 0 unspecified atom stereocenters. The van der Waals surface area contributed by atoms with Gasteiger partial charge in [-0.15, -0.1) is 0 Å². The van der Waals surface area contributed by atoms with Crippen LogP contribution in [0.5, 0.6) is 0 Å². The Morgan fingerprint density at radius 1 is 0.913 bits per heavy atom. The molecule has 0 saturated heterocycles. The number of carbonyl (C=O) groups is 1. The Morgan fingerprint density at radius 3 is 2.35 bits per heavy atom. The third-order valence-corrected chi connectivity index (χ3v) is 3.70. The number of hydrogen-bond donors (Lipinski definition) is 1. The van der Waals surface area contributed by atoms with E-state index in [0.717, 1.165) is 17.4 Å². The van der Waals surface area contributed by atoms with E-state index < -0.39 is 0 Å². The lowest BCUT2D eigenvalue weighted by Crippen LogP contribution is -1.96. The van der Waals surface area contributed by atoms with Crippen molar-refractivity contribution in [2.24, 2.45) is 0 Å². The molecule has 0 atom stereocenters. The average Bonchev–Trinajstić information content (AvgIpc) is 2.57. The molecule has 3 aromatic carbocycles. The van der Waals surface area contributed by atoms with Gasteiger partial charge >= 0.3 is 0 Å². The van der Waals surface area contributed by atoms with Gasteiger partial charge in [-0.25, -0.2) is 4.39 Å². The van der Waals surface area contributed by atoms with Crippen molar-refractivity contribution in [3.63, 3.8) is 0 Å². The lowest BCUT2D eigenvalue weighted by molar-refractivity contribution is 0.112. The van der Waals surface area contributed by atoms with Crippen LogP contribution in [0.15, 0.2) is 66.7 Å². The second-order valence-electron chi connectivity index (χ2n) is 5.06. The van der Waals surface area contributed by atoms with E-state index in [1.54, 1.807) is 18.2 Å². The molecule has 0 radical (unpaired) electrons. The maximum absolute atomic E-state index is 13.0. The van der Waals surface area contributed by atoms with Crippen molar-refractivity contribution < 1.29 is 9.18 Å². The molecule has 0 amide bonds. The molecule has 0 spiro atoms. The Labute approximate surface area is 138 Å². The highest BCUT2D eigenvalue weighted by Gasteiger charge is 2.06. The van der Waals surface area contributed by atoms with Crippen molar-refractivity contribution in [1.82, 2.24) is 0 Å². The monoisotopic (exact) mass is 325 g/mol. The fraction of sp³-hybridized carbons (Fsp3) is 0. The van der Waals surface area contributed by atoms with Gasteiger partial charge in [0, 0.05) is 22.0 Å². The van der Waals surface area contributed by atoms with Crippen LogP contribution in [0.1, 0.15) is 10.4 Å². The predicted molar refractivity (Wildman–Crippen MR) is 92.0 cm³/mol. The van der Waals surface area contributed by atoms with Crippen LogP contribution in [0.25, 0.3) is 11.1 Å². The molecular formula is C19H13ClFNO. The zero-order valence-electron chi connectivity index (χ0n) is 12.1. The third kappa shape index (κ3) is 3.58. The molecule has 2 nitrogen and oxygen atoms in total. The molecule has 23 heavy (non-hydrogen) atoms. The average molecular weight is 326 g/mol. The molecule has 3 aromatic rings. The number of carbonyl (C=O) groups excluding carboxylic acids is 1. The normalized spacial score (nSPS) is 10.3. The van der Waals surface area contributed by atoms with Crippen molar-refractivity contribution >= 4 is 29.3 Å². The summed E-state index contributed by atoms with van der Waals surface area (Å²) in [5.74, 6) is -0.307. The minimum Gasteiger partial charge on any atom is -0.355 e. The number of benzene rings is 3. The van der Waals surface area contributed by atoms with Crippen LogP contribution >= 0.6 is 11.6 Å². The fourth-order valence-electron chi connectivity index (χ4n) is 2.30. The van der Waals surface area contributed by atoms with Crippen LogP contribution in [0, 0.1) is 5.82 Å². The quantitative estimate of drug-likeness (QED) is 0.623. The third-order valence-electron chi connectivity index (χ3n) is 3.46. The zero-order chi connectivity index (χ0) is 16.2. The van der Waals surface area contributed by atoms with Crippen molar-refractivity contribution in [3.8, 4) is 11.1 Å². The first-order valence-electron chi connectivity index (χ1n) is 7.03. The smallest absolute Gasteiger partial charge is 0.152 e. The van der Waals surface area contributed by atoms with E-state index in [4.69, 9.17) is 11.6 Å². The van der Waals surface area contributed by atoms with E-state index in [0.29, 0.717) is 22.0 Å². The number of hydrogen-bond acceptors (Lipinski definition) is 2. The molecule has 0 aromatic heterocycles. The van der Waals surface area contributed by atoms with Gasteiger partial charge in [0.05, 0.1) is 0 Å². The number of anilines is 2. The molecule has 0 saturated carbocycles. The summed E-state index contributed by atoms with van der Waals surface area (Å²) >= 11 is 6.03. The van der Waals surface area contributed by atoms with E-state index >= 15 is 0 Å².